The summed E-state index contributed by atoms with van der Waals surface area (Å²) in [4.78, 5) is 9.69. The van der Waals surface area contributed by atoms with Gasteiger partial charge in [-0.05, 0) is 21.0 Å². The molecule has 1 heterocycles. The smallest absolute Gasteiger partial charge is 0.134 e. The van der Waals surface area contributed by atoms with Gasteiger partial charge in [0.1, 0.15) is 17.3 Å². The average molecular weight is 245 g/mol. The molecule has 0 aromatic carbocycles. The van der Waals surface area contributed by atoms with E-state index in [2.05, 4.69) is 15.3 Å². The predicted molar refractivity (Wildman–Crippen MR) is 64.7 cm³/mol. The van der Waals surface area contributed by atoms with Crippen molar-refractivity contribution in [2.45, 2.75) is 12.5 Å². The molecule has 1 aromatic heterocycles. The lowest BCUT2D eigenvalue weighted by Crippen LogP contribution is -2.43. The molecular weight excluding hydrogens is 228 g/mol. The minimum absolute atomic E-state index is 0.379. The lowest BCUT2D eigenvalue weighted by molar-refractivity contribution is 0.0459. The van der Waals surface area contributed by atoms with Crippen LogP contribution in [0.2, 0.25) is 5.15 Å². The quantitative estimate of drug-likeness (QED) is 0.753. The second-order valence-corrected chi connectivity index (χ2v) is 4.70. The molecule has 6 heteroatoms. The molecular formula is C10H17ClN4O. The second kappa shape index (κ2) is 5.43. The zero-order valence-corrected chi connectivity index (χ0v) is 10.5. The van der Waals surface area contributed by atoms with Gasteiger partial charge in [0.05, 0.1) is 5.60 Å². The summed E-state index contributed by atoms with van der Waals surface area (Å²) < 4.78 is 0. The van der Waals surface area contributed by atoms with Crippen molar-refractivity contribution in [3.8, 4) is 0 Å². The molecule has 0 aliphatic heterocycles. The summed E-state index contributed by atoms with van der Waals surface area (Å²) in [5.41, 5.74) is -0.819. The molecule has 0 bridgehead atoms. The van der Waals surface area contributed by atoms with Gasteiger partial charge < -0.3 is 15.3 Å². The van der Waals surface area contributed by atoms with Gasteiger partial charge in [0.15, 0.2) is 0 Å². The number of likely N-dealkylation sites (N-methyl/N-ethyl adjacent to an activating group) is 1. The van der Waals surface area contributed by atoms with E-state index in [1.54, 1.807) is 13.0 Å². The minimum atomic E-state index is -0.819. The Hall–Kier alpha value is -0.910. The Morgan fingerprint density at radius 1 is 1.50 bits per heavy atom. The number of nitrogens with one attached hydrogen (secondary N) is 1. The molecule has 1 aromatic rings. The maximum atomic E-state index is 10.0. The first-order valence-corrected chi connectivity index (χ1v) is 5.35. The van der Waals surface area contributed by atoms with Crippen LogP contribution < -0.4 is 5.32 Å². The van der Waals surface area contributed by atoms with Gasteiger partial charge in [0.2, 0.25) is 0 Å². The van der Waals surface area contributed by atoms with Crippen molar-refractivity contribution in [3.63, 3.8) is 0 Å². The van der Waals surface area contributed by atoms with Crippen molar-refractivity contribution in [1.82, 2.24) is 14.9 Å². The number of nitrogens with zero attached hydrogens (tertiary/aromatic N) is 3. The Balaban J connectivity index is 2.50. The lowest BCUT2D eigenvalue weighted by atomic mass is 10.1. The van der Waals surface area contributed by atoms with Crippen LogP contribution in [0.15, 0.2) is 12.4 Å². The van der Waals surface area contributed by atoms with E-state index in [9.17, 15) is 5.11 Å². The fourth-order valence-electron chi connectivity index (χ4n) is 1.45. The van der Waals surface area contributed by atoms with E-state index in [0.717, 1.165) is 0 Å². The molecule has 0 saturated carbocycles. The van der Waals surface area contributed by atoms with Gasteiger partial charge in [-0.25, -0.2) is 9.97 Å². The highest BCUT2D eigenvalue weighted by atomic mass is 35.5. The fourth-order valence-corrected chi connectivity index (χ4v) is 1.60. The third-order valence-electron chi connectivity index (χ3n) is 1.94. The molecule has 0 saturated heterocycles. The standard InChI is InChI=1S/C10H17ClN4O/c1-10(16,6-15(2)3)5-12-9-4-8(11)13-7-14-9/h4,7,16H,5-6H2,1-3H3,(H,12,13,14). The summed E-state index contributed by atoms with van der Waals surface area (Å²) in [5, 5.41) is 13.4. The number of aliphatic hydroxyl groups is 1. The monoisotopic (exact) mass is 244 g/mol. The molecule has 16 heavy (non-hydrogen) atoms. The summed E-state index contributed by atoms with van der Waals surface area (Å²) in [6.45, 7) is 2.74. The average Bonchev–Trinajstić information content (AvgIpc) is 2.13. The van der Waals surface area contributed by atoms with Crippen molar-refractivity contribution in [3.05, 3.63) is 17.5 Å². The third kappa shape index (κ3) is 4.74. The van der Waals surface area contributed by atoms with Crippen LogP contribution in [-0.2, 0) is 0 Å². The topological polar surface area (TPSA) is 61.3 Å². The summed E-state index contributed by atoms with van der Waals surface area (Å²) >= 11 is 5.72. The van der Waals surface area contributed by atoms with Crippen molar-refractivity contribution in [2.24, 2.45) is 0 Å². The second-order valence-electron chi connectivity index (χ2n) is 4.31. The highest BCUT2D eigenvalue weighted by Gasteiger charge is 2.21. The first kappa shape index (κ1) is 13.2. The molecule has 0 aliphatic rings. The number of anilines is 1. The van der Waals surface area contributed by atoms with E-state index in [0.29, 0.717) is 24.1 Å². The molecule has 1 rings (SSSR count). The van der Waals surface area contributed by atoms with Crippen molar-refractivity contribution in [2.75, 3.05) is 32.5 Å². The van der Waals surface area contributed by atoms with E-state index in [-0.39, 0.29) is 0 Å². The van der Waals surface area contributed by atoms with Crippen molar-refractivity contribution >= 4 is 17.4 Å². The largest absolute Gasteiger partial charge is 0.387 e. The number of halogens is 1. The molecule has 1 unspecified atom stereocenters. The van der Waals surface area contributed by atoms with Gasteiger partial charge in [0.25, 0.3) is 0 Å². The van der Waals surface area contributed by atoms with Crippen LogP contribution in [0.3, 0.4) is 0 Å². The molecule has 0 amide bonds. The highest BCUT2D eigenvalue weighted by molar-refractivity contribution is 6.29. The van der Waals surface area contributed by atoms with Crippen LogP contribution in [-0.4, -0.2) is 52.8 Å². The summed E-state index contributed by atoms with van der Waals surface area (Å²) in [7, 11) is 3.83. The summed E-state index contributed by atoms with van der Waals surface area (Å²) in [5.74, 6) is 0.610. The van der Waals surface area contributed by atoms with Crippen LogP contribution in [0, 0.1) is 0 Å². The zero-order chi connectivity index (χ0) is 12.2. The molecule has 0 radical (unpaired) electrons. The van der Waals surface area contributed by atoms with Crippen molar-refractivity contribution < 1.29 is 5.11 Å². The number of aromatic nitrogens is 2. The Labute approximate surface area is 100 Å². The van der Waals surface area contributed by atoms with Gasteiger partial charge in [0, 0.05) is 19.2 Å². The van der Waals surface area contributed by atoms with E-state index in [1.165, 1.54) is 6.33 Å². The molecule has 90 valence electrons. The van der Waals surface area contributed by atoms with Crippen LogP contribution in [0.25, 0.3) is 0 Å². The molecule has 0 fully saturated rings. The molecule has 1 atom stereocenters. The van der Waals surface area contributed by atoms with E-state index < -0.39 is 5.60 Å². The normalized spacial score (nSPS) is 14.9. The third-order valence-corrected chi connectivity index (χ3v) is 2.15. The lowest BCUT2D eigenvalue weighted by Gasteiger charge is -2.27. The fraction of sp³-hybridized carbons (Fsp3) is 0.600. The number of hydrogen-bond donors (Lipinski definition) is 2. The maximum absolute atomic E-state index is 10.0. The van der Waals surface area contributed by atoms with E-state index in [4.69, 9.17) is 11.6 Å². The number of rotatable bonds is 5. The Bertz CT molecular complexity index is 343. The molecule has 5 nitrogen and oxygen atoms in total. The highest BCUT2D eigenvalue weighted by Crippen LogP contribution is 2.11. The van der Waals surface area contributed by atoms with Gasteiger partial charge in [-0.15, -0.1) is 0 Å². The molecule has 0 spiro atoms. The predicted octanol–water partition coefficient (Wildman–Crippen LogP) is 0.854. The maximum Gasteiger partial charge on any atom is 0.134 e. The Morgan fingerprint density at radius 3 is 2.75 bits per heavy atom. The Kier molecular flexibility index (Phi) is 4.46. The summed E-state index contributed by atoms with van der Waals surface area (Å²) in [6, 6.07) is 1.62. The summed E-state index contributed by atoms with van der Waals surface area (Å²) in [6.07, 6.45) is 1.38. The van der Waals surface area contributed by atoms with Gasteiger partial charge in [-0.1, -0.05) is 11.6 Å². The van der Waals surface area contributed by atoms with Gasteiger partial charge in [-0.3, -0.25) is 0 Å². The van der Waals surface area contributed by atoms with E-state index in [1.807, 2.05) is 19.0 Å². The number of hydrogen-bond acceptors (Lipinski definition) is 5. The first-order valence-electron chi connectivity index (χ1n) is 4.97. The molecule has 2 N–H and O–H groups in total. The van der Waals surface area contributed by atoms with E-state index >= 15 is 0 Å². The molecule has 0 aliphatic carbocycles. The van der Waals surface area contributed by atoms with Gasteiger partial charge in [-0.2, -0.15) is 0 Å². The van der Waals surface area contributed by atoms with Crippen LogP contribution in [0.1, 0.15) is 6.92 Å². The van der Waals surface area contributed by atoms with Crippen LogP contribution in [0.4, 0.5) is 5.82 Å². The van der Waals surface area contributed by atoms with Crippen LogP contribution >= 0.6 is 11.6 Å². The first-order chi connectivity index (χ1) is 7.39. The van der Waals surface area contributed by atoms with Gasteiger partial charge >= 0.3 is 0 Å². The Morgan fingerprint density at radius 2 is 2.19 bits per heavy atom. The SMILES string of the molecule is CN(C)CC(C)(O)CNc1cc(Cl)ncn1. The minimum Gasteiger partial charge on any atom is -0.387 e. The van der Waals surface area contributed by atoms with Crippen LogP contribution in [0.5, 0.6) is 0 Å². The zero-order valence-electron chi connectivity index (χ0n) is 9.74. The van der Waals surface area contributed by atoms with Crippen molar-refractivity contribution in [1.29, 1.82) is 0 Å².